The maximum Gasteiger partial charge on any atom is 0.163 e. The number of nitrogens with one attached hydrogen (secondary N) is 1. The number of methoxy groups -OCH3 is 1. The molecule has 0 unspecified atom stereocenters. The lowest BCUT2D eigenvalue weighted by Gasteiger charge is -2.19. The van der Waals surface area contributed by atoms with Gasteiger partial charge in [0.05, 0.1) is 6.61 Å². The molecule has 1 aromatic carbocycles. The zero-order valence-corrected chi connectivity index (χ0v) is 14.2. The van der Waals surface area contributed by atoms with E-state index >= 15 is 0 Å². The monoisotopic (exact) mass is 314 g/mol. The highest BCUT2D eigenvalue weighted by Gasteiger charge is 2.09. The van der Waals surface area contributed by atoms with E-state index in [1.165, 1.54) is 6.42 Å². The van der Waals surface area contributed by atoms with Crippen molar-refractivity contribution >= 4 is 11.6 Å². The van der Waals surface area contributed by atoms with Crippen LogP contribution in [0.1, 0.15) is 19.8 Å². The van der Waals surface area contributed by atoms with Crippen molar-refractivity contribution in [2.45, 2.75) is 19.8 Å². The summed E-state index contributed by atoms with van der Waals surface area (Å²) in [6.45, 7) is 4.55. The van der Waals surface area contributed by atoms with Crippen LogP contribution in [0.3, 0.4) is 0 Å². The molecule has 0 aliphatic carbocycles. The molecule has 0 saturated heterocycles. The molecule has 1 N–H and O–H groups in total. The minimum absolute atomic E-state index is 0.645. The molecule has 0 aliphatic heterocycles. The van der Waals surface area contributed by atoms with Crippen molar-refractivity contribution in [1.82, 2.24) is 9.97 Å². The molecule has 0 radical (unpaired) electrons. The van der Waals surface area contributed by atoms with Crippen LogP contribution in [0.2, 0.25) is 0 Å². The summed E-state index contributed by atoms with van der Waals surface area (Å²) < 4.78 is 5.09. The molecule has 2 rings (SSSR count). The van der Waals surface area contributed by atoms with Crippen LogP contribution in [-0.2, 0) is 4.74 Å². The SMILES string of the molecule is CCCCN(C)c1cc(NCCOC)nc(-c2ccccc2)n1. The molecular formula is C18H26N4O. The molecule has 5 nitrogen and oxygen atoms in total. The van der Waals surface area contributed by atoms with Gasteiger partial charge in [0.2, 0.25) is 0 Å². The van der Waals surface area contributed by atoms with Crippen molar-refractivity contribution in [2.24, 2.45) is 0 Å². The highest BCUT2D eigenvalue weighted by atomic mass is 16.5. The van der Waals surface area contributed by atoms with Crippen LogP contribution in [0.15, 0.2) is 36.4 Å². The second-order valence-corrected chi connectivity index (χ2v) is 5.50. The number of hydrogen-bond donors (Lipinski definition) is 1. The van der Waals surface area contributed by atoms with Crippen molar-refractivity contribution in [2.75, 3.05) is 44.1 Å². The minimum atomic E-state index is 0.645. The lowest BCUT2D eigenvalue weighted by atomic mass is 10.2. The van der Waals surface area contributed by atoms with Crippen molar-refractivity contribution in [3.8, 4) is 11.4 Å². The standard InChI is InChI=1S/C18H26N4O/c1-4-5-12-22(2)17-14-16(19-11-13-23-3)20-18(21-17)15-9-7-6-8-10-15/h6-10,14H,4-5,11-13H2,1-3H3,(H,19,20,21). The number of ether oxygens (including phenoxy) is 1. The molecule has 0 aliphatic rings. The molecule has 0 saturated carbocycles. The number of rotatable bonds is 9. The van der Waals surface area contributed by atoms with E-state index in [1.807, 2.05) is 36.4 Å². The summed E-state index contributed by atoms with van der Waals surface area (Å²) in [6.07, 6.45) is 2.31. The highest BCUT2D eigenvalue weighted by molar-refractivity contribution is 5.61. The van der Waals surface area contributed by atoms with Gasteiger partial charge >= 0.3 is 0 Å². The fourth-order valence-corrected chi connectivity index (χ4v) is 2.23. The number of benzene rings is 1. The molecule has 23 heavy (non-hydrogen) atoms. The Morgan fingerprint density at radius 1 is 1.17 bits per heavy atom. The molecule has 2 aromatic rings. The summed E-state index contributed by atoms with van der Waals surface area (Å²) in [6, 6.07) is 12.1. The number of unbranched alkanes of at least 4 members (excludes halogenated alkanes) is 1. The summed E-state index contributed by atoms with van der Waals surface area (Å²) in [7, 11) is 3.77. The van der Waals surface area contributed by atoms with Gasteiger partial charge in [-0.1, -0.05) is 43.7 Å². The molecular weight excluding hydrogens is 288 g/mol. The quantitative estimate of drug-likeness (QED) is 0.719. The van der Waals surface area contributed by atoms with E-state index in [0.29, 0.717) is 6.61 Å². The Balaban J connectivity index is 2.27. The molecule has 5 heteroatoms. The first-order valence-corrected chi connectivity index (χ1v) is 8.13. The zero-order chi connectivity index (χ0) is 16.5. The van der Waals surface area contributed by atoms with Gasteiger partial charge in [0.25, 0.3) is 0 Å². The van der Waals surface area contributed by atoms with E-state index < -0.39 is 0 Å². The Kier molecular flexibility index (Phi) is 6.81. The van der Waals surface area contributed by atoms with Gasteiger partial charge < -0.3 is 15.0 Å². The second kappa shape index (κ2) is 9.10. The summed E-state index contributed by atoms with van der Waals surface area (Å²) >= 11 is 0. The maximum absolute atomic E-state index is 5.09. The molecule has 0 fully saturated rings. The Morgan fingerprint density at radius 3 is 2.65 bits per heavy atom. The summed E-state index contributed by atoms with van der Waals surface area (Å²) in [5.41, 5.74) is 1.02. The van der Waals surface area contributed by atoms with Crippen LogP contribution < -0.4 is 10.2 Å². The molecule has 0 bridgehead atoms. The van der Waals surface area contributed by atoms with E-state index in [-0.39, 0.29) is 0 Å². The van der Waals surface area contributed by atoms with Crippen molar-refractivity contribution in [3.05, 3.63) is 36.4 Å². The van der Waals surface area contributed by atoms with Crippen molar-refractivity contribution in [3.63, 3.8) is 0 Å². The fourth-order valence-electron chi connectivity index (χ4n) is 2.23. The molecule has 0 spiro atoms. The Bertz CT molecular complexity index is 589. The van der Waals surface area contributed by atoms with E-state index in [9.17, 15) is 0 Å². The zero-order valence-electron chi connectivity index (χ0n) is 14.2. The Morgan fingerprint density at radius 2 is 1.96 bits per heavy atom. The summed E-state index contributed by atoms with van der Waals surface area (Å²) in [5.74, 6) is 2.51. The second-order valence-electron chi connectivity index (χ2n) is 5.50. The lowest BCUT2D eigenvalue weighted by molar-refractivity contribution is 0.210. The normalized spacial score (nSPS) is 10.6. The first-order valence-electron chi connectivity index (χ1n) is 8.13. The highest BCUT2D eigenvalue weighted by Crippen LogP contribution is 2.22. The van der Waals surface area contributed by atoms with Gasteiger partial charge in [-0.3, -0.25) is 0 Å². The minimum Gasteiger partial charge on any atom is -0.383 e. The van der Waals surface area contributed by atoms with E-state index in [0.717, 1.165) is 42.5 Å². The Hall–Kier alpha value is -2.14. The smallest absolute Gasteiger partial charge is 0.163 e. The predicted molar refractivity (Wildman–Crippen MR) is 96.0 cm³/mol. The topological polar surface area (TPSA) is 50.3 Å². The maximum atomic E-state index is 5.09. The van der Waals surface area contributed by atoms with Gasteiger partial charge in [-0.25, -0.2) is 9.97 Å². The average molecular weight is 314 g/mol. The van der Waals surface area contributed by atoms with E-state index in [1.54, 1.807) is 7.11 Å². The Labute approximate surface area is 138 Å². The van der Waals surface area contributed by atoms with Gasteiger partial charge in [0.1, 0.15) is 11.6 Å². The first-order chi connectivity index (χ1) is 11.2. The van der Waals surface area contributed by atoms with Crippen LogP contribution in [0, 0.1) is 0 Å². The van der Waals surface area contributed by atoms with Gasteiger partial charge in [0.15, 0.2) is 5.82 Å². The third-order valence-corrected chi connectivity index (χ3v) is 3.60. The molecule has 1 aromatic heterocycles. The van der Waals surface area contributed by atoms with E-state index in [2.05, 4.69) is 29.2 Å². The number of hydrogen-bond acceptors (Lipinski definition) is 5. The molecule has 0 atom stereocenters. The molecule has 124 valence electrons. The fraction of sp³-hybridized carbons (Fsp3) is 0.444. The number of aromatic nitrogens is 2. The van der Waals surface area contributed by atoms with Gasteiger partial charge in [-0.2, -0.15) is 0 Å². The first kappa shape index (κ1) is 17.2. The number of nitrogens with zero attached hydrogens (tertiary/aromatic N) is 3. The summed E-state index contributed by atoms with van der Waals surface area (Å²) in [4.78, 5) is 11.5. The van der Waals surface area contributed by atoms with Crippen molar-refractivity contribution < 1.29 is 4.74 Å². The van der Waals surface area contributed by atoms with E-state index in [4.69, 9.17) is 9.72 Å². The van der Waals surface area contributed by atoms with Crippen LogP contribution in [0.4, 0.5) is 11.6 Å². The third kappa shape index (κ3) is 5.21. The lowest BCUT2D eigenvalue weighted by Crippen LogP contribution is -2.20. The van der Waals surface area contributed by atoms with Crippen molar-refractivity contribution in [1.29, 1.82) is 0 Å². The summed E-state index contributed by atoms with van der Waals surface area (Å²) in [5, 5.41) is 3.30. The largest absolute Gasteiger partial charge is 0.383 e. The molecule has 0 amide bonds. The average Bonchev–Trinajstić information content (AvgIpc) is 2.60. The van der Waals surface area contributed by atoms with Crippen LogP contribution in [0.5, 0.6) is 0 Å². The van der Waals surface area contributed by atoms with Gasteiger partial charge in [-0.15, -0.1) is 0 Å². The number of anilines is 2. The predicted octanol–water partition coefficient (Wildman–Crippen LogP) is 3.44. The third-order valence-electron chi connectivity index (χ3n) is 3.60. The van der Waals surface area contributed by atoms with Crippen LogP contribution in [0.25, 0.3) is 11.4 Å². The van der Waals surface area contributed by atoms with Crippen LogP contribution >= 0.6 is 0 Å². The van der Waals surface area contributed by atoms with Crippen LogP contribution in [-0.4, -0.2) is 43.8 Å². The van der Waals surface area contributed by atoms with Gasteiger partial charge in [0, 0.05) is 38.9 Å². The van der Waals surface area contributed by atoms with Gasteiger partial charge in [-0.05, 0) is 6.42 Å². The molecule has 1 heterocycles.